The van der Waals surface area contributed by atoms with Crippen LogP contribution in [0.15, 0.2) is 0 Å². The van der Waals surface area contributed by atoms with Crippen molar-refractivity contribution in [3.05, 3.63) is 0 Å². The number of rotatable bonds is 11. The van der Waals surface area contributed by atoms with Gasteiger partial charge in [0.25, 0.3) is 0 Å². The van der Waals surface area contributed by atoms with Crippen molar-refractivity contribution >= 4 is 0 Å². The molecule has 0 radical (unpaired) electrons. The number of hydrogen-bond donors (Lipinski definition) is 1. The summed E-state index contributed by atoms with van der Waals surface area (Å²) < 4.78 is 6.16. The van der Waals surface area contributed by atoms with Gasteiger partial charge in [-0.2, -0.15) is 0 Å². The van der Waals surface area contributed by atoms with Crippen LogP contribution in [-0.2, 0) is 4.74 Å². The van der Waals surface area contributed by atoms with Gasteiger partial charge < -0.3 is 9.84 Å². The van der Waals surface area contributed by atoms with Gasteiger partial charge in [0.15, 0.2) is 0 Å². The molecule has 0 heterocycles. The minimum absolute atomic E-state index is 0.0179. The third-order valence-corrected chi connectivity index (χ3v) is 6.14. The topological polar surface area (TPSA) is 29.5 Å². The third-order valence-electron chi connectivity index (χ3n) is 6.14. The quantitative estimate of drug-likeness (QED) is 0.482. The van der Waals surface area contributed by atoms with Crippen molar-refractivity contribution in [2.75, 3.05) is 6.61 Å². The first-order valence-corrected chi connectivity index (χ1v) is 10.6. The molecule has 2 heteroatoms. The standard InChI is InChI=1S/C21H40O2/c1-2-3-4-5-6-7-8-9-10-15-23-21-14-12-18-16-20(22)13-11-19(18)17-21/h18-22H,2-17H2,1H3. The van der Waals surface area contributed by atoms with E-state index in [0.717, 1.165) is 31.3 Å². The first-order chi connectivity index (χ1) is 11.3. The van der Waals surface area contributed by atoms with Gasteiger partial charge in [-0.3, -0.25) is 0 Å². The van der Waals surface area contributed by atoms with Crippen molar-refractivity contribution in [2.24, 2.45) is 11.8 Å². The average molecular weight is 325 g/mol. The van der Waals surface area contributed by atoms with E-state index in [1.807, 2.05) is 0 Å². The van der Waals surface area contributed by atoms with Crippen LogP contribution in [0.3, 0.4) is 0 Å². The van der Waals surface area contributed by atoms with Crippen LogP contribution in [-0.4, -0.2) is 23.9 Å². The minimum atomic E-state index is -0.0179. The van der Waals surface area contributed by atoms with Gasteiger partial charge in [0.2, 0.25) is 0 Å². The Morgan fingerprint density at radius 2 is 1.35 bits per heavy atom. The van der Waals surface area contributed by atoms with Gasteiger partial charge in [-0.1, -0.05) is 58.3 Å². The smallest absolute Gasteiger partial charge is 0.0578 e. The van der Waals surface area contributed by atoms with Gasteiger partial charge in [-0.25, -0.2) is 0 Å². The fraction of sp³-hybridized carbons (Fsp3) is 1.00. The van der Waals surface area contributed by atoms with E-state index in [-0.39, 0.29) is 6.10 Å². The summed E-state index contributed by atoms with van der Waals surface area (Å²) in [5.74, 6) is 1.62. The third kappa shape index (κ3) is 7.56. The molecular formula is C21H40O2. The molecule has 0 aromatic heterocycles. The van der Waals surface area contributed by atoms with E-state index in [9.17, 15) is 5.11 Å². The van der Waals surface area contributed by atoms with Crippen LogP contribution in [0.5, 0.6) is 0 Å². The van der Waals surface area contributed by atoms with Crippen molar-refractivity contribution in [1.82, 2.24) is 0 Å². The lowest BCUT2D eigenvalue weighted by Gasteiger charge is -2.40. The van der Waals surface area contributed by atoms with E-state index >= 15 is 0 Å². The highest BCUT2D eigenvalue weighted by atomic mass is 16.5. The molecule has 2 aliphatic rings. The van der Waals surface area contributed by atoms with Crippen LogP contribution in [0.2, 0.25) is 0 Å². The van der Waals surface area contributed by atoms with E-state index in [4.69, 9.17) is 4.74 Å². The number of hydrogen-bond acceptors (Lipinski definition) is 2. The maximum Gasteiger partial charge on any atom is 0.0578 e. The lowest BCUT2D eigenvalue weighted by molar-refractivity contribution is -0.0328. The minimum Gasteiger partial charge on any atom is -0.393 e. The Kier molecular flexibility index (Phi) is 9.60. The predicted molar refractivity (Wildman–Crippen MR) is 97.7 cm³/mol. The summed E-state index contributed by atoms with van der Waals surface area (Å²) in [5, 5.41) is 9.79. The number of aliphatic hydroxyl groups is 1. The number of unbranched alkanes of at least 4 members (excludes halogenated alkanes) is 8. The van der Waals surface area contributed by atoms with Crippen molar-refractivity contribution in [3.8, 4) is 0 Å². The molecule has 4 atom stereocenters. The van der Waals surface area contributed by atoms with Crippen molar-refractivity contribution < 1.29 is 9.84 Å². The molecule has 1 N–H and O–H groups in total. The van der Waals surface area contributed by atoms with E-state index in [2.05, 4.69) is 6.92 Å². The van der Waals surface area contributed by atoms with Crippen LogP contribution in [0.4, 0.5) is 0 Å². The van der Waals surface area contributed by atoms with Gasteiger partial charge in [-0.15, -0.1) is 0 Å². The molecule has 2 saturated carbocycles. The summed E-state index contributed by atoms with van der Waals surface area (Å²) in [4.78, 5) is 0. The van der Waals surface area contributed by atoms with Crippen molar-refractivity contribution in [2.45, 2.75) is 115 Å². The Hall–Kier alpha value is -0.0800. The maximum atomic E-state index is 9.79. The molecule has 0 aromatic rings. The van der Waals surface area contributed by atoms with Gasteiger partial charge in [0, 0.05) is 6.61 Å². The Labute approximate surface area is 144 Å². The predicted octanol–water partition coefficient (Wildman–Crippen LogP) is 5.86. The molecule has 0 amide bonds. The number of aliphatic hydroxyl groups excluding tert-OH is 1. The first-order valence-electron chi connectivity index (χ1n) is 10.6. The molecule has 2 rings (SSSR count). The fourth-order valence-electron chi connectivity index (χ4n) is 4.64. The summed E-state index contributed by atoms with van der Waals surface area (Å²) in [7, 11) is 0. The first kappa shape index (κ1) is 19.2. The normalized spacial score (nSPS) is 31.0. The Morgan fingerprint density at radius 1 is 0.739 bits per heavy atom. The molecule has 136 valence electrons. The molecule has 0 aliphatic heterocycles. The van der Waals surface area contributed by atoms with E-state index < -0.39 is 0 Å². The number of ether oxygens (including phenoxy) is 1. The van der Waals surface area contributed by atoms with Crippen LogP contribution in [0.25, 0.3) is 0 Å². The van der Waals surface area contributed by atoms with Crippen molar-refractivity contribution in [3.63, 3.8) is 0 Å². The molecule has 0 spiro atoms. The Bertz CT molecular complexity index is 292. The summed E-state index contributed by atoms with van der Waals surface area (Å²) >= 11 is 0. The zero-order valence-corrected chi connectivity index (χ0v) is 15.5. The largest absolute Gasteiger partial charge is 0.393 e. The summed E-state index contributed by atoms with van der Waals surface area (Å²) in [6.07, 6.45) is 20.0. The second-order valence-electron chi connectivity index (χ2n) is 8.12. The fourth-order valence-corrected chi connectivity index (χ4v) is 4.64. The molecule has 2 fully saturated rings. The van der Waals surface area contributed by atoms with Crippen LogP contribution in [0.1, 0.15) is 103 Å². The summed E-state index contributed by atoms with van der Waals surface area (Å²) in [6, 6.07) is 0. The average Bonchev–Trinajstić information content (AvgIpc) is 2.56. The lowest BCUT2D eigenvalue weighted by atomic mass is 9.69. The monoisotopic (exact) mass is 324 g/mol. The van der Waals surface area contributed by atoms with Crippen molar-refractivity contribution in [1.29, 1.82) is 0 Å². The highest BCUT2D eigenvalue weighted by molar-refractivity contribution is 4.86. The van der Waals surface area contributed by atoms with Crippen LogP contribution < -0.4 is 0 Å². The Morgan fingerprint density at radius 3 is 2.09 bits per heavy atom. The zero-order chi connectivity index (χ0) is 16.3. The lowest BCUT2D eigenvalue weighted by Crippen LogP contribution is -2.35. The van der Waals surface area contributed by atoms with Gasteiger partial charge in [-0.05, 0) is 56.8 Å². The Balaban J connectivity index is 1.42. The molecule has 0 saturated heterocycles. The maximum absolute atomic E-state index is 9.79. The molecule has 0 bridgehead atoms. The van der Waals surface area contributed by atoms with E-state index in [1.165, 1.54) is 83.5 Å². The summed E-state index contributed by atoms with van der Waals surface area (Å²) in [6.45, 7) is 3.25. The van der Waals surface area contributed by atoms with Gasteiger partial charge in [0.1, 0.15) is 0 Å². The van der Waals surface area contributed by atoms with E-state index in [1.54, 1.807) is 0 Å². The number of fused-ring (bicyclic) bond motifs is 1. The van der Waals surface area contributed by atoms with Gasteiger partial charge in [0.05, 0.1) is 12.2 Å². The second-order valence-corrected chi connectivity index (χ2v) is 8.12. The van der Waals surface area contributed by atoms with Gasteiger partial charge >= 0.3 is 0 Å². The molecule has 4 unspecified atom stereocenters. The van der Waals surface area contributed by atoms with Crippen LogP contribution >= 0.6 is 0 Å². The molecule has 2 aliphatic carbocycles. The molecule has 23 heavy (non-hydrogen) atoms. The van der Waals surface area contributed by atoms with Crippen LogP contribution in [0, 0.1) is 11.8 Å². The molecular weight excluding hydrogens is 284 g/mol. The zero-order valence-electron chi connectivity index (χ0n) is 15.5. The highest BCUT2D eigenvalue weighted by Gasteiger charge is 2.35. The molecule has 0 aromatic carbocycles. The molecule has 2 nitrogen and oxygen atoms in total. The highest BCUT2D eigenvalue weighted by Crippen LogP contribution is 2.41. The second kappa shape index (κ2) is 11.5. The summed E-state index contributed by atoms with van der Waals surface area (Å²) in [5.41, 5.74) is 0. The SMILES string of the molecule is CCCCCCCCCCCOC1CCC2CC(O)CCC2C1. The van der Waals surface area contributed by atoms with E-state index in [0.29, 0.717) is 6.10 Å².